The summed E-state index contributed by atoms with van der Waals surface area (Å²) < 4.78 is 1.83. The molecule has 0 unspecified atom stereocenters. The molecule has 8 heteroatoms. The maximum atomic E-state index is 13.5. The van der Waals surface area contributed by atoms with E-state index >= 15 is 0 Å². The van der Waals surface area contributed by atoms with Gasteiger partial charge in [-0.15, -0.1) is 0 Å². The first-order valence-corrected chi connectivity index (χ1v) is 12.9. The second-order valence-corrected chi connectivity index (χ2v) is 10.6. The summed E-state index contributed by atoms with van der Waals surface area (Å²) in [5.74, 6) is -0.665. The first-order valence-electron chi connectivity index (χ1n) is 10.4. The van der Waals surface area contributed by atoms with Crippen LogP contribution in [0.2, 0.25) is 0 Å². The Morgan fingerprint density at radius 3 is 2.18 bits per heavy atom. The highest BCUT2D eigenvalue weighted by Crippen LogP contribution is 2.42. The number of nitrogens with zero attached hydrogens (tertiary/aromatic N) is 2. The molecule has 0 spiro atoms. The van der Waals surface area contributed by atoms with Crippen LogP contribution in [0, 0.1) is 11.3 Å². The molecule has 2 amide bonds. The molecular weight excluding hydrogens is 578 g/mol. The average Bonchev–Trinajstić information content (AvgIpc) is 3.16. The third-order valence-corrected chi connectivity index (χ3v) is 7.54. The van der Waals surface area contributed by atoms with Gasteiger partial charge in [0.15, 0.2) is 0 Å². The molecule has 1 aliphatic heterocycles. The van der Waals surface area contributed by atoms with Crippen molar-refractivity contribution in [3.8, 4) is 6.07 Å². The number of anilines is 1. The lowest BCUT2D eigenvalue weighted by Crippen LogP contribution is -2.32. The Hall–Kier alpha value is -2.86. The zero-order valence-electron chi connectivity index (χ0n) is 17.9. The number of nitrogens with one attached hydrogen (secondary N) is 1. The van der Waals surface area contributed by atoms with E-state index in [0.717, 1.165) is 20.1 Å². The van der Waals surface area contributed by atoms with Crippen LogP contribution < -0.4 is 10.2 Å². The van der Waals surface area contributed by atoms with Gasteiger partial charge in [0.2, 0.25) is 5.91 Å². The van der Waals surface area contributed by atoms with E-state index in [1.54, 1.807) is 12.1 Å². The molecular formula is C26H19Br2N3O2S. The van der Waals surface area contributed by atoms with Crippen molar-refractivity contribution in [3.63, 3.8) is 0 Å². The largest absolute Gasteiger partial charge is 0.347 e. The highest BCUT2D eigenvalue weighted by molar-refractivity contribution is 9.10. The number of thioether (sulfide) groups is 1. The second-order valence-electron chi connectivity index (χ2n) is 7.55. The number of hydrogen-bond acceptors (Lipinski definition) is 4. The smallest absolute Gasteiger partial charge is 0.264 e. The summed E-state index contributed by atoms with van der Waals surface area (Å²) in [7, 11) is 0. The Kier molecular flexibility index (Phi) is 7.88. The highest BCUT2D eigenvalue weighted by Gasteiger charge is 2.40. The van der Waals surface area contributed by atoms with E-state index in [9.17, 15) is 14.9 Å². The zero-order chi connectivity index (χ0) is 24.1. The van der Waals surface area contributed by atoms with E-state index in [-0.39, 0.29) is 18.0 Å². The molecule has 3 aromatic carbocycles. The molecule has 3 aromatic rings. The van der Waals surface area contributed by atoms with Crippen LogP contribution >= 0.6 is 43.6 Å². The van der Waals surface area contributed by atoms with Crippen molar-refractivity contribution in [2.45, 2.75) is 18.2 Å². The fraction of sp³-hybridized carbons (Fsp3) is 0.115. The van der Waals surface area contributed by atoms with Crippen molar-refractivity contribution in [1.29, 1.82) is 5.26 Å². The van der Waals surface area contributed by atoms with Crippen molar-refractivity contribution in [1.82, 2.24) is 5.32 Å². The van der Waals surface area contributed by atoms with Crippen LogP contribution in [-0.4, -0.2) is 17.1 Å². The molecule has 1 N–H and O–H groups in total. The lowest BCUT2D eigenvalue weighted by atomic mass is 10.1. The van der Waals surface area contributed by atoms with Gasteiger partial charge < -0.3 is 5.32 Å². The van der Waals surface area contributed by atoms with Crippen molar-refractivity contribution in [3.05, 3.63) is 110 Å². The first-order chi connectivity index (χ1) is 16.5. The molecule has 0 radical (unpaired) electrons. The van der Waals surface area contributed by atoms with E-state index in [1.807, 2.05) is 72.8 Å². The first kappa shape index (κ1) is 24.3. The van der Waals surface area contributed by atoms with Gasteiger partial charge in [-0.3, -0.25) is 14.5 Å². The predicted molar refractivity (Wildman–Crippen MR) is 142 cm³/mol. The van der Waals surface area contributed by atoms with E-state index < -0.39 is 11.2 Å². The van der Waals surface area contributed by atoms with E-state index in [0.29, 0.717) is 17.1 Å². The number of hydrogen-bond donors (Lipinski definition) is 1. The summed E-state index contributed by atoms with van der Waals surface area (Å²) in [5, 5.41) is 12.6. The minimum Gasteiger partial charge on any atom is -0.347 e. The van der Waals surface area contributed by atoms with Crippen molar-refractivity contribution in [2.75, 3.05) is 4.90 Å². The highest BCUT2D eigenvalue weighted by atomic mass is 79.9. The number of carbonyl (C=O) groups excluding carboxylic acids is 2. The molecule has 0 aliphatic carbocycles. The lowest BCUT2D eigenvalue weighted by molar-refractivity contribution is -0.117. The fourth-order valence-electron chi connectivity index (χ4n) is 3.51. The van der Waals surface area contributed by atoms with Gasteiger partial charge in [0.05, 0.1) is 5.25 Å². The number of halogens is 2. The van der Waals surface area contributed by atoms with Gasteiger partial charge in [0, 0.05) is 21.2 Å². The Morgan fingerprint density at radius 1 is 0.941 bits per heavy atom. The minimum atomic E-state index is -0.506. The Bertz CT molecular complexity index is 1270. The molecule has 5 nitrogen and oxygen atoms in total. The van der Waals surface area contributed by atoms with E-state index in [2.05, 4.69) is 37.2 Å². The monoisotopic (exact) mass is 595 g/mol. The topological polar surface area (TPSA) is 73.2 Å². The molecule has 1 aliphatic rings. The number of benzene rings is 3. The van der Waals surface area contributed by atoms with Gasteiger partial charge >= 0.3 is 0 Å². The van der Waals surface area contributed by atoms with Crippen LogP contribution in [0.15, 0.2) is 98.4 Å². The normalized spacial score (nSPS) is 16.8. The summed E-state index contributed by atoms with van der Waals surface area (Å²) in [4.78, 5) is 28.0. The van der Waals surface area contributed by atoms with Crippen molar-refractivity contribution >= 4 is 61.1 Å². The zero-order valence-corrected chi connectivity index (χ0v) is 21.9. The van der Waals surface area contributed by atoms with Gasteiger partial charge in [0.1, 0.15) is 16.7 Å². The van der Waals surface area contributed by atoms with Crippen LogP contribution in [-0.2, 0) is 22.6 Å². The molecule has 4 rings (SSSR count). The molecule has 34 heavy (non-hydrogen) atoms. The number of nitriles is 1. The molecule has 0 aromatic heterocycles. The summed E-state index contributed by atoms with van der Waals surface area (Å²) in [5.41, 5.74) is 2.46. The molecule has 0 saturated carbocycles. The molecule has 1 fully saturated rings. The molecule has 1 atom stereocenters. The maximum absolute atomic E-state index is 13.5. The molecule has 1 heterocycles. The number of amides is 2. The SMILES string of the molecule is N#C/C(C(=O)NCc1ccccc1)=C1/S[C@@H](Cc2ccc(Br)cc2)C(=O)N1c1ccc(Br)cc1. The van der Waals surface area contributed by atoms with Gasteiger partial charge in [-0.05, 0) is 53.9 Å². The Morgan fingerprint density at radius 2 is 1.56 bits per heavy atom. The molecule has 170 valence electrons. The second kappa shape index (κ2) is 11.0. The molecule has 0 bridgehead atoms. The van der Waals surface area contributed by atoms with Crippen LogP contribution in [0.5, 0.6) is 0 Å². The van der Waals surface area contributed by atoms with E-state index in [1.165, 1.54) is 16.7 Å². The van der Waals surface area contributed by atoms with Crippen LogP contribution in [0.1, 0.15) is 11.1 Å². The summed E-state index contributed by atoms with van der Waals surface area (Å²) in [6, 6.07) is 26.5. The quantitative estimate of drug-likeness (QED) is 0.282. The standard InChI is InChI=1S/C26H19Br2N3O2S/c27-19-8-6-17(7-9-19)14-23-25(33)31(21-12-10-20(28)11-13-21)26(34-23)22(15-29)24(32)30-16-18-4-2-1-3-5-18/h1-13,23H,14,16H2,(H,30,32)/b26-22-/t23-/m0/s1. The number of rotatable bonds is 6. The summed E-state index contributed by atoms with van der Waals surface area (Å²) in [6.07, 6.45) is 0.484. The third kappa shape index (κ3) is 5.61. The predicted octanol–water partition coefficient (Wildman–Crippen LogP) is 5.95. The molecule has 1 saturated heterocycles. The Labute approximate surface area is 219 Å². The van der Waals surface area contributed by atoms with Crippen molar-refractivity contribution < 1.29 is 9.59 Å². The van der Waals surface area contributed by atoms with Crippen LogP contribution in [0.25, 0.3) is 0 Å². The fourth-order valence-corrected chi connectivity index (χ4v) is 5.35. The summed E-state index contributed by atoms with van der Waals surface area (Å²) in [6.45, 7) is 0.289. The van der Waals surface area contributed by atoms with Gasteiger partial charge in [-0.2, -0.15) is 5.26 Å². The lowest BCUT2D eigenvalue weighted by Gasteiger charge is -2.19. The minimum absolute atomic E-state index is 0.0736. The summed E-state index contributed by atoms with van der Waals surface area (Å²) >= 11 is 8.10. The van der Waals surface area contributed by atoms with Crippen LogP contribution in [0.4, 0.5) is 5.69 Å². The third-order valence-electron chi connectivity index (χ3n) is 5.22. The number of carbonyl (C=O) groups is 2. The van der Waals surface area contributed by atoms with Gasteiger partial charge in [0.25, 0.3) is 5.91 Å². The van der Waals surface area contributed by atoms with Crippen LogP contribution in [0.3, 0.4) is 0 Å². The van der Waals surface area contributed by atoms with Gasteiger partial charge in [-0.25, -0.2) is 0 Å². The Balaban J connectivity index is 1.66. The van der Waals surface area contributed by atoms with Gasteiger partial charge in [-0.1, -0.05) is 86.1 Å². The average molecular weight is 597 g/mol. The van der Waals surface area contributed by atoms with Crippen molar-refractivity contribution in [2.24, 2.45) is 0 Å². The van der Waals surface area contributed by atoms with E-state index in [4.69, 9.17) is 0 Å². The maximum Gasteiger partial charge on any atom is 0.264 e.